The van der Waals surface area contributed by atoms with E-state index >= 15 is 0 Å². The van der Waals surface area contributed by atoms with Crippen molar-refractivity contribution in [3.63, 3.8) is 0 Å². The van der Waals surface area contributed by atoms with Gasteiger partial charge in [0.25, 0.3) is 11.8 Å². The highest BCUT2D eigenvalue weighted by Gasteiger charge is 2.17. The number of nitrogens with zero attached hydrogens (tertiary/aromatic N) is 3. The predicted octanol–water partition coefficient (Wildman–Crippen LogP) is 3.08. The quantitative estimate of drug-likeness (QED) is 0.632. The van der Waals surface area contributed by atoms with Gasteiger partial charge in [0.1, 0.15) is 12.7 Å². The Morgan fingerprint density at radius 1 is 1.10 bits per heavy atom. The summed E-state index contributed by atoms with van der Waals surface area (Å²) in [6, 6.07) is 11.8. The average Bonchev–Trinajstić information content (AvgIpc) is 3.47. The molecule has 1 fully saturated rings. The molecular weight excluding hydrogens is 406 g/mol. The number of carbonyl (C=O) groups excluding carboxylic acids is 2. The van der Waals surface area contributed by atoms with Crippen LogP contribution in [-0.2, 0) is 4.74 Å². The van der Waals surface area contributed by atoms with Crippen LogP contribution >= 0.6 is 11.6 Å². The van der Waals surface area contributed by atoms with Crippen LogP contribution in [-0.4, -0.2) is 45.8 Å². The third kappa shape index (κ3) is 4.67. The highest BCUT2D eigenvalue weighted by atomic mass is 35.5. The standard InChI is InChI=1S/C21H20ClN5O3/c22-19-8-7-16(27-12-24-25-13-27)10-18(19)21(29)26-15-5-3-14(4-6-15)20(28)23-11-17-2-1-9-30-17/h3-8,10,12-13,17H,1-2,9,11H2,(H,23,28)(H,26,29). The molecule has 30 heavy (non-hydrogen) atoms. The van der Waals surface area contributed by atoms with E-state index in [-0.39, 0.29) is 17.9 Å². The number of ether oxygens (including phenoxy) is 1. The first-order chi connectivity index (χ1) is 14.6. The van der Waals surface area contributed by atoms with Gasteiger partial charge in [-0.1, -0.05) is 11.6 Å². The molecule has 2 aromatic carbocycles. The fraction of sp³-hybridized carbons (Fsp3) is 0.238. The van der Waals surface area contributed by atoms with Crippen molar-refractivity contribution in [1.29, 1.82) is 0 Å². The summed E-state index contributed by atoms with van der Waals surface area (Å²) in [7, 11) is 0. The first-order valence-electron chi connectivity index (χ1n) is 9.56. The smallest absolute Gasteiger partial charge is 0.257 e. The lowest BCUT2D eigenvalue weighted by Crippen LogP contribution is -2.31. The van der Waals surface area contributed by atoms with Gasteiger partial charge >= 0.3 is 0 Å². The zero-order valence-electron chi connectivity index (χ0n) is 16.0. The lowest BCUT2D eigenvalue weighted by molar-refractivity contribution is 0.0857. The second-order valence-corrected chi connectivity index (χ2v) is 7.32. The van der Waals surface area contributed by atoms with Crippen molar-refractivity contribution in [2.45, 2.75) is 18.9 Å². The van der Waals surface area contributed by atoms with Crippen LogP contribution in [0.2, 0.25) is 5.02 Å². The molecule has 1 aliphatic rings. The Kier molecular flexibility index (Phi) is 6.06. The lowest BCUT2D eigenvalue weighted by atomic mass is 10.1. The van der Waals surface area contributed by atoms with E-state index < -0.39 is 0 Å². The van der Waals surface area contributed by atoms with Gasteiger partial charge in [-0.3, -0.25) is 14.2 Å². The van der Waals surface area contributed by atoms with Gasteiger partial charge in [-0.2, -0.15) is 0 Å². The number of carbonyl (C=O) groups is 2. The summed E-state index contributed by atoms with van der Waals surface area (Å²) in [6.07, 6.45) is 5.15. The third-order valence-electron chi connectivity index (χ3n) is 4.83. The van der Waals surface area contributed by atoms with Gasteiger partial charge in [0.2, 0.25) is 0 Å². The summed E-state index contributed by atoms with van der Waals surface area (Å²) >= 11 is 6.21. The van der Waals surface area contributed by atoms with E-state index in [0.717, 1.165) is 19.4 Å². The zero-order chi connectivity index (χ0) is 20.9. The van der Waals surface area contributed by atoms with Gasteiger partial charge in [0.15, 0.2) is 0 Å². The highest BCUT2D eigenvalue weighted by Crippen LogP contribution is 2.21. The molecule has 2 N–H and O–H groups in total. The van der Waals surface area contributed by atoms with E-state index in [0.29, 0.717) is 34.1 Å². The number of rotatable bonds is 6. The Morgan fingerprint density at radius 3 is 2.57 bits per heavy atom. The Labute approximate surface area is 178 Å². The predicted molar refractivity (Wildman–Crippen MR) is 112 cm³/mol. The summed E-state index contributed by atoms with van der Waals surface area (Å²) in [5, 5.41) is 13.5. The van der Waals surface area contributed by atoms with Crippen LogP contribution in [0.1, 0.15) is 33.6 Å². The lowest BCUT2D eigenvalue weighted by Gasteiger charge is -2.12. The van der Waals surface area contributed by atoms with Crippen LogP contribution in [0.15, 0.2) is 55.1 Å². The Morgan fingerprint density at radius 2 is 1.87 bits per heavy atom. The number of amides is 2. The molecule has 1 unspecified atom stereocenters. The van der Waals surface area contributed by atoms with Crippen LogP contribution in [0, 0.1) is 0 Å². The van der Waals surface area contributed by atoms with Crippen molar-refractivity contribution in [1.82, 2.24) is 20.1 Å². The molecule has 0 spiro atoms. The van der Waals surface area contributed by atoms with Gasteiger partial charge in [-0.15, -0.1) is 10.2 Å². The summed E-state index contributed by atoms with van der Waals surface area (Å²) in [5.41, 5.74) is 2.11. The van der Waals surface area contributed by atoms with Gasteiger partial charge in [-0.05, 0) is 55.3 Å². The second kappa shape index (κ2) is 9.06. The topological polar surface area (TPSA) is 98.1 Å². The fourth-order valence-corrected chi connectivity index (χ4v) is 3.40. The molecule has 1 aliphatic heterocycles. The number of hydrogen-bond donors (Lipinski definition) is 2. The van der Waals surface area contributed by atoms with Crippen molar-refractivity contribution < 1.29 is 14.3 Å². The van der Waals surface area contributed by atoms with Crippen molar-refractivity contribution in [3.8, 4) is 5.69 Å². The number of halogens is 1. The Bertz CT molecular complexity index is 1030. The molecule has 1 atom stereocenters. The largest absolute Gasteiger partial charge is 0.376 e. The Balaban J connectivity index is 1.40. The highest BCUT2D eigenvalue weighted by molar-refractivity contribution is 6.34. The molecule has 0 saturated carbocycles. The van der Waals surface area contributed by atoms with Crippen molar-refractivity contribution >= 4 is 29.1 Å². The molecule has 0 aliphatic carbocycles. The van der Waals surface area contributed by atoms with E-state index in [1.807, 2.05) is 0 Å². The van der Waals surface area contributed by atoms with Crippen molar-refractivity contribution in [3.05, 3.63) is 71.3 Å². The molecule has 4 rings (SSSR count). The molecule has 0 radical (unpaired) electrons. The third-order valence-corrected chi connectivity index (χ3v) is 5.16. The van der Waals surface area contributed by atoms with E-state index in [1.165, 1.54) is 12.7 Å². The molecule has 3 aromatic rings. The molecule has 2 amide bonds. The van der Waals surface area contributed by atoms with Gasteiger partial charge in [0.05, 0.1) is 16.7 Å². The van der Waals surface area contributed by atoms with Crippen LogP contribution < -0.4 is 10.6 Å². The van der Waals surface area contributed by atoms with Gasteiger partial charge < -0.3 is 15.4 Å². The second-order valence-electron chi connectivity index (χ2n) is 6.91. The molecule has 1 aromatic heterocycles. The van der Waals surface area contributed by atoms with Gasteiger partial charge in [-0.25, -0.2) is 0 Å². The van der Waals surface area contributed by atoms with Crippen LogP contribution in [0.3, 0.4) is 0 Å². The maximum atomic E-state index is 12.7. The van der Waals surface area contributed by atoms with Crippen LogP contribution in [0.25, 0.3) is 5.69 Å². The van der Waals surface area contributed by atoms with Crippen molar-refractivity contribution in [2.24, 2.45) is 0 Å². The molecule has 0 bridgehead atoms. The van der Waals surface area contributed by atoms with Crippen LogP contribution in [0.5, 0.6) is 0 Å². The Hall–Kier alpha value is -3.23. The minimum atomic E-state index is -0.356. The van der Waals surface area contributed by atoms with Crippen LogP contribution in [0.4, 0.5) is 5.69 Å². The first kappa shape index (κ1) is 20.1. The maximum absolute atomic E-state index is 12.7. The molecule has 8 nitrogen and oxygen atoms in total. The minimum Gasteiger partial charge on any atom is -0.376 e. The van der Waals surface area contributed by atoms with Crippen molar-refractivity contribution in [2.75, 3.05) is 18.5 Å². The summed E-state index contributed by atoms with van der Waals surface area (Å²) in [6.45, 7) is 1.25. The number of aromatic nitrogens is 3. The molecule has 9 heteroatoms. The fourth-order valence-electron chi connectivity index (χ4n) is 3.20. The summed E-state index contributed by atoms with van der Waals surface area (Å²) in [5.74, 6) is -0.529. The number of nitrogens with one attached hydrogen (secondary N) is 2. The summed E-state index contributed by atoms with van der Waals surface area (Å²) < 4.78 is 7.18. The van der Waals surface area contributed by atoms with E-state index in [4.69, 9.17) is 16.3 Å². The van der Waals surface area contributed by atoms with E-state index in [1.54, 1.807) is 47.0 Å². The van der Waals surface area contributed by atoms with Gasteiger partial charge in [0, 0.05) is 30.1 Å². The normalized spacial score (nSPS) is 15.7. The minimum absolute atomic E-state index is 0.0890. The SMILES string of the molecule is O=C(NCC1CCCO1)c1ccc(NC(=O)c2cc(-n3cnnc3)ccc2Cl)cc1. The number of hydrogen-bond acceptors (Lipinski definition) is 5. The molecule has 2 heterocycles. The molecular formula is C21H20ClN5O3. The zero-order valence-corrected chi connectivity index (χ0v) is 16.8. The monoisotopic (exact) mass is 425 g/mol. The van der Waals surface area contributed by atoms with E-state index in [2.05, 4.69) is 20.8 Å². The summed E-state index contributed by atoms with van der Waals surface area (Å²) in [4.78, 5) is 25.0. The number of benzene rings is 2. The maximum Gasteiger partial charge on any atom is 0.257 e. The van der Waals surface area contributed by atoms with E-state index in [9.17, 15) is 9.59 Å². The first-order valence-corrected chi connectivity index (χ1v) is 9.94. The number of anilines is 1. The molecule has 1 saturated heterocycles. The average molecular weight is 426 g/mol. The molecule has 154 valence electrons.